The van der Waals surface area contributed by atoms with Crippen molar-refractivity contribution in [2.24, 2.45) is 0 Å². The first kappa shape index (κ1) is 21.8. The Labute approximate surface area is 184 Å². The molecule has 2 aromatic rings. The van der Waals surface area contributed by atoms with Gasteiger partial charge in [-0.1, -0.05) is 42.3 Å². The molecule has 5 nitrogen and oxygen atoms in total. The van der Waals surface area contributed by atoms with Gasteiger partial charge in [0, 0.05) is 16.7 Å². The van der Waals surface area contributed by atoms with Crippen LogP contribution in [0.4, 0.5) is 5.69 Å². The van der Waals surface area contributed by atoms with Gasteiger partial charge in [-0.2, -0.15) is 0 Å². The van der Waals surface area contributed by atoms with Crippen LogP contribution in [0.3, 0.4) is 0 Å². The molecule has 0 fully saturated rings. The van der Waals surface area contributed by atoms with Crippen LogP contribution in [0.15, 0.2) is 41.3 Å². The molecule has 0 saturated heterocycles. The molecule has 154 valence electrons. The molecule has 1 heterocycles. The Balaban J connectivity index is 1.75. The van der Waals surface area contributed by atoms with E-state index in [-0.39, 0.29) is 40.5 Å². The third-order valence-corrected chi connectivity index (χ3v) is 6.19. The zero-order valence-corrected chi connectivity index (χ0v) is 18.4. The average molecular weight is 454 g/mol. The summed E-state index contributed by atoms with van der Waals surface area (Å²) in [5.41, 5.74) is 1.11. The molecule has 0 radical (unpaired) electrons. The highest BCUT2D eigenvalue weighted by Crippen LogP contribution is 2.38. The van der Waals surface area contributed by atoms with Crippen molar-refractivity contribution in [3.05, 3.63) is 52.0 Å². The predicted molar refractivity (Wildman–Crippen MR) is 117 cm³/mol. The molecule has 0 aliphatic carbocycles. The van der Waals surface area contributed by atoms with Gasteiger partial charge in [0.05, 0.1) is 27.9 Å². The smallest absolute Gasteiger partial charge is 0.338 e. The van der Waals surface area contributed by atoms with E-state index in [2.05, 4.69) is 6.92 Å². The maximum absolute atomic E-state index is 12.9. The van der Waals surface area contributed by atoms with Crippen LogP contribution in [-0.4, -0.2) is 36.9 Å². The number of amides is 1. The topological polar surface area (TPSA) is 55.8 Å². The Morgan fingerprint density at radius 3 is 2.59 bits per heavy atom. The van der Waals surface area contributed by atoms with Crippen molar-refractivity contribution in [1.29, 1.82) is 0 Å². The molecule has 0 spiro atoms. The van der Waals surface area contributed by atoms with Crippen molar-refractivity contribution in [2.45, 2.75) is 30.4 Å². The first-order chi connectivity index (χ1) is 13.9. The quantitative estimate of drug-likeness (QED) is 0.561. The van der Waals surface area contributed by atoms with Crippen molar-refractivity contribution in [2.75, 3.05) is 24.7 Å². The highest BCUT2D eigenvalue weighted by molar-refractivity contribution is 8.00. The standard InChI is InChI=1S/C21H21Cl2NO4S/c1-3-27-21(26)14-10-15(22)20(16(23)11-14)28-12-19(25)24-9-8-13(2)29-18-7-5-4-6-17(18)24/h4-7,10-11,13H,3,8-9,12H2,1-2H3. The van der Waals surface area contributed by atoms with Crippen molar-refractivity contribution in [1.82, 2.24) is 0 Å². The summed E-state index contributed by atoms with van der Waals surface area (Å²) >= 11 is 14.2. The lowest BCUT2D eigenvalue weighted by Crippen LogP contribution is -2.36. The normalized spacial score (nSPS) is 16.0. The van der Waals surface area contributed by atoms with Gasteiger partial charge in [0.2, 0.25) is 0 Å². The summed E-state index contributed by atoms with van der Waals surface area (Å²) in [4.78, 5) is 27.6. The molecule has 29 heavy (non-hydrogen) atoms. The van der Waals surface area contributed by atoms with E-state index in [0.29, 0.717) is 11.8 Å². The summed E-state index contributed by atoms with van der Waals surface area (Å²) in [5, 5.41) is 0.705. The molecule has 1 aliphatic heterocycles. The Kier molecular flexibility index (Phi) is 7.33. The minimum Gasteiger partial charge on any atom is -0.481 e. The molecule has 0 aromatic heterocycles. The fourth-order valence-corrected chi connectivity index (χ4v) is 4.70. The lowest BCUT2D eigenvalue weighted by atomic mass is 10.2. The Morgan fingerprint density at radius 1 is 1.21 bits per heavy atom. The van der Waals surface area contributed by atoms with E-state index in [4.69, 9.17) is 32.7 Å². The minimum absolute atomic E-state index is 0.147. The number of fused-ring (bicyclic) bond motifs is 1. The van der Waals surface area contributed by atoms with Gasteiger partial charge in [-0.05, 0) is 37.6 Å². The Bertz CT molecular complexity index is 898. The van der Waals surface area contributed by atoms with Crippen LogP contribution >= 0.6 is 35.0 Å². The van der Waals surface area contributed by atoms with E-state index in [1.54, 1.807) is 23.6 Å². The number of hydrogen-bond donors (Lipinski definition) is 0. The van der Waals surface area contributed by atoms with E-state index in [1.807, 2.05) is 24.3 Å². The number of carbonyl (C=O) groups excluding carboxylic acids is 2. The number of anilines is 1. The van der Waals surface area contributed by atoms with E-state index in [1.165, 1.54) is 12.1 Å². The Hall–Kier alpha value is -1.89. The van der Waals surface area contributed by atoms with Crippen LogP contribution in [0, 0.1) is 0 Å². The number of esters is 1. The molecule has 0 bridgehead atoms. The van der Waals surface area contributed by atoms with Crippen molar-refractivity contribution in [3.63, 3.8) is 0 Å². The molecule has 0 N–H and O–H groups in total. The zero-order chi connectivity index (χ0) is 21.0. The summed E-state index contributed by atoms with van der Waals surface area (Å²) < 4.78 is 10.6. The second-order valence-corrected chi connectivity index (χ2v) is 8.80. The number of carbonyl (C=O) groups is 2. The van der Waals surface area contributed by atoms with Gasteiger partial charge in [-0.25, -0.2) is 4.79 Å². The van der Waals surface area contributed by atoms with Crippen LogP contribution in [0.1, 0.15) is 30.6 Å². The van der Waals surface area contributed by atoms with Gasteiger partial charge < -0.3 is 14.4 Å². The highest BCUT2D eigenvalue weighted by Gasteiger charge is 2.25. The number of halogens is 2. The van der Waals surface area contributed by atoms with Gasteiger partial charge in [-0.3, -0.25) is 4.79 Å². The van der Waals surface area contributed by atoms with E-state index in [9.17, 15) is 9.59 Å². The third-order valence-electron chi connectivity index (χ3n) is 4.39. The molecule has 3 rings (SSSR count). The van der Waals surface area contributed by atoms with Crippen molar-refractivity contribution < 1.29 is 19.1 Å². The Morgan fingerprint density at radius 2 is 1.90 bits per heavy atom. The summed E-state index contributed by atoms with van der Waals surface area (Å²) in [7, 11) is 0. The van der Waals surface area contributed by atoms with Gasteiger partial charge >= 0.3 is 5.97 Å². The van der Waals surface area contributed by atoms with Gasteiger partial charge in [0.15, 0.2) is 12.4 Å². The number of benzene rings is 2. The molecular formula is C21H21Cl2NO4S. The van der Waals surface area contributed by atoms with E-state index in [0.717, 1.165) is 17.0 Å². The lowest BCUT2D eigenvalue weighted by Gasteiger charge is -2.23. The number of para-hydroxylation sites is 1. The fraction of sp³-hybridized carbons (Fsp3) is 0.333. The van der Waals surface area contributed by atoms with Crippen LogP contribution in [-0.2, 0) is 9.53 Å². The summed E-state index contributed by atoms with van der Waals surface area (Å²) in [5.74, 6) is -0.541. The summed E-state index contributed by atoms with van der Waals surface area (Å²) in [6, 6.07) is 10.7. The maximum atomic E-state index is 12.9. The van der Waals surface area contributed by atoms with Crippen LogP contribution in [0.25, 0.3) is 0 Å². The first-order valence-corrected chi connectivity index (χ1v) is 10.9. The SMILES string of the molecule is CCOC(=O)c1cc(Cl)c(OCC(=O)N2CCC(C)Sc3ccccc32)c(Cl)c1. The van der Waals surface area contributed by atoms with Crippen molar-refractivity contribution in [3.8, 4) is 5.75 Å². The van der Waals surface area contributed by atoms with E-state index >= 15 is 0 Å². The van der Waals surface area contributed by atoms with Gasteiger partial charge in [0.25, 0.3) is 5.91 Å². The second-order valence-electron chi connectivity index (χ2n) is 6.51. The lowest BCUT2D eigenvalue weighted by molar-refractivity contribution is -0.120. The molecule has 1 amide bonds. The van der Waals surface area contributed by atoms with Crippen LogP contribution in [0.2, 0.25) is 10.0 Å². The number of nitrogens with zero attached hydrogens (tertiary/aromatic N) is 1. The average Bonchev–Trinajstić information content (AvgIpc) is 2.85. The first-order valence-electron chi connectivity index (χ1n) is 9.25. The largest absolute Gasteiger partial charge is 0.481 e. The van der Waals surface area contributed by atoms with Crippen LogP contribution in [0.5, 0.6) is 5.75 Å². The number of rotatable bonds is 5. The van der Waals surface area contributed by atoms with Gasteiger partial charge in [0.1, 0.15) is 0 Å². The minimum atomic E-state index is -0.522. The zero-order valence-electron chi connectivity index (χ0n) is 16.1. The molecule has 1 atom stereocenters. The summed E-state index contributed by atoms with van der Waals surface area (Å²) in [6.45, 7) is 4.50. The molecule has 0 saturated carbocycles. The molecule has 1 unspecified atom stereocenters. The monoisotopic (exact) mass is 453 g/mol. The second kappa shape index (κ2) is 9.74. The number of thioether (sulfide) groups is 1. The molecule has 8 heteroatoms. The maximum Gasteiger partial charge on any atom is 0.338 e. The molecule has 1 aliphatic rings. The number of ether oxygens (including phenoxy) is 2. The van der Waals surface area contributed by atoms with E-state index < -0.39 is 5.97 Å². The third kappa shape index (κ3) is 5.18. The molecular weight excluding hydrogens is 433 g/mol. The number of hydrogen-bond acceptors (Lipinski definition) is 5. The molecule has 2 aromatic carbocycles. The summed E-state index contributed by atoms with van der Waals surface area (Å²) in [6.07, 6.45) is 0.876. The van der Waals surface area contributed by atoms with Crippen molar-refractivity contribution >= 4 is 52.5 Å². The fourth-order valence-electron chi connectivity index (χ4n) is 2.99. The predicted octanol–water partition coefficient (Wildman–Crippen LogP) is 5.47. The highest BCUT2D eigenvalue weighted by atomic mass is 35.5. The van der Waals surface area contributed by atoms with Gasteiger partial charge in [-0.15, -0.1) is 11.8 Å². The van der Waals surface area contributed by atoms with Crippen LogP contribution < -0.4 is 9.64 Å².